The molecule has 1 amide bonds. The van der Waals surface area contributed by atoms with Crippen molar-refractivity contribution in [2.45, 2.75) is 6.42 Å². The molecular weight excluding hydrogens is 330 g/mol. The van der Waals surface area contributed by atoms with E-state index in [1.165, 1.54) is 0 Å². The number of nitrogens with one attached hydrogen (secondary N) is 1. The molecule has 0 aromatic carbocycles. The lowest BCUT2D eigenvalue weighted by molar-refractivity contribution is 0.0950. The molecule has 1 heterocycles. The quantitative estimate of drug-likeness (QED) is 0.495. The first-order valence-corrected chi connectivity index (χ1v) is 5.81. The van der Waals surface area contributed by atoms with Crippen LogP contribution in [0.4, 0.5) is 0 Å². The third-order valence-corrected chi connectivity index (χ3v) is 2.89. The Kier molecular flexibility index (Phi) is 5.27. The second-order valence-corrected chi connectivity index (χ2v) is 4.31. The first kappa shape index (κ1) is 12.7. The van der Waals surface area contributed by atoms with Crippen LogP contribution in [0.15, 0.2) is 12.3 Å². The molecule has 15 heavy (non-hydrogen) atoms. The first-order valence-electron chi connectivity index (χ1n) is 4.36. The van der Waals surface area contributed by atoms with E-state index in [0.29, 0.717) is 18.5 Å². The second kappa shape index (κ2) is 6.24. The SMILES string of the molecule is O=C(NCCCO)c1c(I)ccnc1Cl. The standard InChI is InChI=1S/C9H10ClIN2O2/c10-8-7(6(11)2-4-12-8)9(15)13-3-1-5-14/h2,4,14H,1,3,5H2,(H,13,15). The van der Waals surface area contributed by atoms with Crippen LogP contribution in [0, 0.1) is 3.57 Å². The molecule has 0 unspecified atom stereocenters. The molecule has 1 aromatic heterocycles. The molecule has 82 valence electrons. The number of hydrogen-bond donors (Lipinski definition) is 2. The lowest BCUT2D eigenvalue weighted by Crippen LogP contribution is -2.26. The molecule has 0 aliphatic rings. The molecule has 0 radical (unpaired) electrons. The monoisotopic (exact) mass is 340 g/mol. The van der Waals surface area contributed by atoms with Gasteiger partial charge in [0, 0.05) is 22.9 Å². The van der Waals surface area contributed by atoms with Crippen molar-refractivity contribution in [2.24, 2.45) is 0 Å². The zero-order chi connectivity index (χ0) is 11.3. The van der Waals surface area contributed by atoms with Crippen LogP contribution in [0.3, 0.4) is 0 Å². The first-order chi connectivity index (χ1) is 7.16. The molecule has 0 bridgehead atoms. The molecule has 4 nitrogen and oxygen atoms in total. The topological polar surface area (TPSA) is 62.2 Å². The third-order valence-electron chi connectivity index (χ3n) is 1.70. The lowest BCUT2D eigenvalue weighted by Gasteiger charge is -2.06. The summed E-state index contributed by atoms with van der Waals surface area (Å²) in [6.45, 7) is 0.481. The number of halogens is 2. The Bertz CT molecular complexity index is 340. The Labute approximate surface area is 106 Å². The fourth-order valence-corrected chi connectivity index (χ4v) is 2.05. The average Bonchev–Trinajstić information content (AvgIpc) is 2.18. The number of carbonyl (C=O) groups excluding carboxylic acids is 1. The van der Waals surface area contributed by atoms with Crippen LogP contribution >= 0.6 is 34.2 Å². The Morgan fingerprint density at radius 3 is 3.00 bits per heavy atom. The average molecular weight is 341 g/mol. The van der Waals surface area contributed by atoms with Gasteiger partial charge in [0.25, 0.3) is 5.91 Å². The van der Waals surface area contributed by atoms with Gasteiger partial charge in [-0.25, -0.2) is 4.98 Å². The van der Waals surface area contributed by atoms with Crippen molar-refractivity contribution in [2.75, 3.05) is 13.2 Å². The molecule has 1 rings (SSSR count). The van der Waals surface area contributed by atoms with Crippen molar-refractivity contribution >= 4 is 40.1 Å². The molecule has 0 saturated heterocycles. The van der Waals surface area contributed by atoms with Gasteiger partial charge in [-0.1, -0.05) is 11.6 Å². The summed E-state index contributed by atoms with van der Waals surface area (Å²) in [5.74, 6) is -0.258. The van der Waals surface area contributed by atoms with Crippen molar-refractivity contribution in [1.29, 1.82) is 0 Å². The van der Waals surface area contributed by atoms with Gasteiger partial charge in [-0.2, -0.15) is 0 Å². The number of aromatic nitrogens is 1. The molecule has 0 saturated carbocycles. The van der Waals surface area contributed by atoms with E-state index in [2.05, 4.69) is 10.3 Å². The summed E-state index contributed by atoms with van der Waals surface area (Å²) >= 11 is 7.84. The minimum Gasteiger partial charge on any atom is -0.396 e. The third kappa shape index (κ3) is 3.58. The number of hydrogen-bond acceptors (Lipinski definition) is 3. The number of aliphatic hydroxyl groups excluding tert-OH is 1. The second-order valence-electron chi connectivity index (χ2n) is 2.79. The Morgan fingerprint density at radius 2 is 2.40 bits per heavy atom. The number of pyridine rings is 1. The molecule has 0 aliphatic heterocycles. The fourth-order valence-electron chi connectivity index (χ4n) is 0.986. The van der Waals surface area contributed by atoms with Crippen molar-refractivity contribution in [3.8, 4) is 0 Å². The maximum absolute atomic E-state index is 11.6. The molecule has 0 fully saturated rings. The summed E-state index contributed by atoms with van der Waals surface area (Å²) in [6.07, 6.45) is 2.08. The van der Waals surface area contributed by atoms with Gasteiger partial charge in [0.2, 0.25) is 0 Å². The van der Waals surface area contributed by atoms with E-state index in [1.54, 1.807) is 12.3 Å². The summed E-state index contributed by atoms with van der Waals surface area (Å²) in [6, 6.07) is 1.72. The normalized spacial score (nSPS) is 10.1. The highest BCUT2D eigenvalue weighted by Crippen LogP contribution is 2.18. The van der Waals surface area contributed by atoms with Crippen molar-refractivity contribution in [1.82, 2.24) is 10.3 Å². The molecule has 2 N–H and O–H groups in total. The smallest absolute Gasteiger partial charge is 0.255 e. The summed E-state index contributed by atoms with van der Waals surface area (Å²) in [4.78, 5) is 15.5. The zero-order valence-electron chi connectivity index (χ0n) is 7.83. The minimum absolute atomic E-state index is 0.0537. The van der Waals surface area contributed by atoms with Crippen LogP contribution < -0.4 is 5.32 Å². The Hall–Kier alpha value is -0.400. The summed E-state index contributed by atoms with van der Waals surface area (Å²) in [5.41, 5.74) is 0.387. The summed E-state index contributed by atoms with van der Waals surface area (Å²) in [7, 11) is 0. The number of nitrogens with zero attached hydrogens (tertiary/aromatic N) is 1. The van der Waals surface area contributed by atoms with Gasteiger partial charge >= 0.3 is 0 Å². The largest absolute Gasteiger partial charge is 0.396 e. The highest BCUT2D eigenvalue weighted by atomic mass is 127. The van der Waals surface area contributed by atoms with Gasteiger partial charge in [0.15, 0.2) is 0 Å². The van der Waals surface area contributed by atoms with Gasteiger partial charge in [-0.3, -0.25) is 4.79 Å². The maximum atomic E-state index is 11.6. The van der Waals surface area contributed by atoms with Crippen LogP contribution in [-0.2, 0) is 0 Å². The number of amides is 1. The van der Waals surface area contributed by atoms with Crippen LogP contribution in [-0.4, -0.2) is 29.1 Å². The molecule has 0 aliphatic carbocycles. The van der Waals surface area contributed by atoms with E-state index in [-0.39, 0.29) is 17.7 Å². The van der Waals surface area contributed by atoms with Crippen molar-refractivity contribution in [3.63, 3.8) is 0 Å². The van der Waals surface area contributed by atoms with Crippen LogP contribution in [0.25, 0.3) is 0 Å². The minimum atomic E-state index is -0.258. The highest BCUT2D eigenvalue weighted by Gasteiger charge is 2.14. The predicted molar refractivity (Wildman–Crippen MR) is 66.0 cm³/mol. The summed E-state index contributed by atoms with van der Waals surface area (Å²) < 4.78 is 0.758. The molecule has 0 spiro atoms. The number of carbonyl (C=O) groups is 1. The van der Waals surface area contributed by atoms with Crippen molar-refractivity contribution in [3.05, 3.63) is 26.5 Å². The van der Waals surface area contributed by atoms with Gasteiger partial charge in [0.1, 0.15) is 5.15 Å². The molecule has 6 heteroatoms. The van der Waals surface area contributed by atoms with Crippen molar-refractivity contribution < 1.29 is 9.90 Å². The van der Waals surface area contributed by atoms with E-state index in [9.17, 15) is 4.79 Å². The molecule has 1 aromatic rings. The number of aliphatic hydroxyl groups is 1. The fraction of sp³-hybridized carbons (Fsp3) is 0.333. The van der Waals surface area contributed by atoms with Crippen LogP contribution in [0.1, 0.15) is 16.8 Å². The van der Waals surface area contributed by atoms with Crippen LogP contribution in [0.5, 0.6) is 0 Å². The van der Waals surface area contributed by atoms with E-state index < -0.39 is 0 Å². The van der Waals surface area contributed by atoms with E-state index >= 15 is 0 Å². The zero-order valence-corrected chi connectivity index (χ0v) is 10.7. The molecule has 0 atom stereocenters. The molecular formula is C9H10ClIN2O2. The lowest BCUT2D eigenvalue weighted by atomic mass is 10.2. The highest BCUT2D eigenvalue weighted by molar-refractivity contribution is 14.1. The Morgan fingerprint density at radius 1 is 1.67 bits per heavy atom. The van der Waals surface area contributed by atoms with E-state index in [1.807, 2.05) is 22.6 Å². The van der Waals surface area contributed by atoms with Crippen LogP contribution in [0.2, 0.25) is 5.15 Å². The van der Waals surface area contributed by atoms with Gasteiger partial charge < -0.3 is 10.4 Å². The predicted octanol–water partition coefficient (Wildman–Crippen LogP) is 1.45. The van der Waals surface area contributed by atoms with Gasteiger partial charge in [-0.15, -0.1) is 0 Å². The summed E-state index contributed by atoms with van der Waals surface area (Å²) in [5, 5.41) is 11.4. The van der Waals surface area contributed by atoms with Gasteiger partial charge in [-0.05, 0) is 35.1 Å². The maximum Gasteiger partial charge on any atom is 0.255 e. The van der Waals surface area contributed by atoms with Gasteiger partial charge in [0.05, 0.1) is 5.56 Å². The van der Waals surface area contributed by atoms with E-state index in [0.717, 1.165) is 3.57 Å². The number of rotatable bonds is 4. The Balaban J connectivity index is 2.73. The van der Waals surface area contributed by atoms with E-state index in [4.69, 9.17) is 16.7 Å².